The minimum Gasteiger partial charge on any atom is -0.463 e. The quantitative estimate of drug-likeness (QED) is 0.660. The van der Waals surface area contributed by atoms with Gasteiger partial charge in [-0.2, -0.15) is 0 Å². The van der Waals surface area contributed by atoms with Gasteiger partial charge in [-0.25, -0.2) is 4.79 Å². The van der Waals surface area contributed by atoms with Gasteiger partial charge in [0, 0.05) is 21.8 Å². The molecular weight excluding hydrogens is 322 g/mol. The van der Waals surface area contributed by atoms with Crippen LogP contribution in [-0.2, 0) is 14.3 Å². The predicted octanol–water partition coefficient (Wildman–Crippen LogP) is 3.35. The molecule has 0 aliphatic carbocycles. The van der Waals surface area contributed by atoms with Crippen LogP contribution in [0.4, 0.5) is 0 Å². The first-order chi connectivity index (χ1) is 10.5. The highest BCUT2D eigenvalue weighted by Gasteiger charge is 2.37. The van der Waals surface area contributed by atoms with Gasteiger partial charge in [-0.1, -0.05) is 6.07 Å². The first kappa shape index (κ1) is 16.8. The van der Waals surface area contributed by atoms with Gasteiger partial charge in [0.05, 0.1) is 24.0 Å². The van der Waals surface area contributed by atoms with Crippen LogP contribution in [0.15, 0.2) is 40.1 Å². The molecule has 1 aromatic rings. The molecule has 2 rings (SSSR count). The van der Waals surface area contributed by atoms with Crippen molar-refractivity contribution in [3.05, 3.63) is 44.9 Å². The lowest BCUT2D eigenvalue weighted by Gasteiger charge is -2.30. The van der Waals surface area contributed by atoms with Crippen molar-refractivity contribution in [3.63, 3.8) is 0 Å². The van der Waals surface area contributed by atoms with E-state index in [0.717, 1.165) is 10.6 Å². The molecule has 6 heteroatoms. The molecule has 0 saturated heterocycles. The Hall–Kier alpha value is -1.59. The number of carbonyl (C=O) groups is 2. The van der Waals surface area contributed by atoms with Crippen LogP contribution in [0.3, 0.4) is 0 Å². The van der Waals surface area contributed by atoms with E-state index in [2.05, 4.69) is 5.32 Å². The number of ketones is 1. The zero-order valence-corrected chi connectivity index (χ0v) is 14.3. The van der Waals surface area contributed by atoms with E-state index < -0.39 is 11.9 Å². The average molecular weight is 340 g/mol. The van der Waals surface area contributed by atoms with Crippen LogP contribution in [0.1, 0.15) is 31.6 Å². The highest BCUT2D eigenvalue weighted by Crippen LogP contribution is 2.41. The molecule has 1 N–H and O–H groups in total. The van der Waals surface area contributed by atoms with Crippen molar-refractivity contribution in [1.29, 1.82) is 0 Å². The number of rotatable bonds is 5. The van der Waals surface area contributed by atoms with Crippen LogP contribution in [0.25, 0.3) is 0 Å². The molecule has 1 atom stereocenters. The second-order valence-electron chi connectivity index (χ2n) is 4.91. The number of hydrogen-bond acceptors (Lipinski definition) is 5. The van der Waals surface area contributed by atoms with Crippen molar-refractivity contribution in [1.82, 2.24) is 5.32 Å². The molecule has 0 spiro atoms. The van der Waals surface area contributed by atoms with Gasteiger partial charge in [-0.05, 0) is 32.2 Å². The molecule has 4 nitrogen and oxygen atoms in total. The summed E-state index contributed by atoms with van der Waals surface area (Å²) in [5, 5.41) is 5.01. The fourth-order valence-corrected chi connectivity index (χ4v) is 3.71. The minimum absolute atomic E-state index is 0.0705. The molecule has 2 heterocycles. The van der Waals surface area contributed by atoms with E-state index in [1.165, 1.54) is 18.3 Å². The van der Waals surface area contributed by atoms with Gasteiger partial charge in [0.2, 0.25) is 0 Å². The van der Waals surface area contributed by atoms with Gasteiger partial charge in [-0.15, -0.1) is 22.9 Å². The summed E-state index contributed by atoms with van der Waals surface area (Å²) in [5.41, 5.74) is 2.34. The number of hydrogen-bond donors (Lipinski definition) is 1. The SMILES string of the molecule is CCOC(=O)C1=C(CCl)NC(C)=C(C(C)=O)C1c1cccs1. The number of allylic oxidation sites excluding steroid dienone is 3. The molecule has 0 saturated carbocycles. The number of Topliss-reactive ketones (excluding diaryl/α,β-unsaturated/α-hetero) is 1. The molecule has 22 heavy (non-hydrogen) atoms. The lowest BCUT2D eigenvalue weighted by atomic mass is 9.82. The second kappa shape index (κ2) is 7.11. The van der Waals surface area contributed by atoms with Crippen molar-refractivity contribution in [3.8, 4) is 0 Å². The zero-order chi connectivity index (χ0) is 16.3. The Morgan fingerprint density at radius 1 is 1.41 bits per heavy atom. The maximum Gasteiger partial charge on any atom is 0.336 e. The molecule has 1 unspecified atom stereocenters. The standard InChI is InChI=1S/C16H18ClNO3S/c1-4-21-16(20)14-11(8-17)18-9(2)13(10(3)19)15(14)12-6-5-7-22-12/h5-7,15,18H,4,8H2,1-3H3. The van der Waals surface area contributed by atoms with E-state index in [1.54, 1.807) is 6.92 Å². The van der Waals surface area contributed by atoms with Gasteiger partial charge in [0.1, 0.15) is 0 Å². The Kier molecular flexibility index (Phi) is 5.42. The molecule has 1 aromatic heterocycles. The lowest BCUT2D eigenvalue weighted by molar-refractivity contribution is -0.138. The maximum absolute atomic E-state index is 12.4. The van der Waals surface area contributed by atoms with Gasteiger partial charge in [-0.3, -0.25) is 4.79 Å². The minimum atomic E-state index is -0.435. The Labute approximate surface area is 138 Å². The van der Waals surface area contributed by atoms with Gasteiger partial charge >= 0.3 is 5.97 Å². The molecule has 0 aromatic carbocycles. The highest BCUT2D eigenvalue weighted by molar-refractivity contribution is 7.10. The molecule has 0 amide bonds. The Balaban J connectivity index is 2.63. The van der Waals surface area contributed by atoms with Crippen LogP contribution in [0, 0.1) is 0 Å². The molecule has 118 valence electrons. The van der Waals surface area contributed by atoms with Gasteiger partial charge in [0.15, 0.2) is 5.78 Å². The molecule has 0 radical (unpaired) electrons. The topological polar surface area (TPSA) is 55.4 Å². The zero-order valence-electron chi connectivity index (χ0n) is 12.7. The van der Waals surface area contributed by atoms with Crippen LogP contribution in [-0.4, -0.2) is 24.2 Å². The number of dihydropyridines is 1. The average Bonchev–Trinajstić information content (AvgIpc) is 2.99. The number of halogens is 1. The summed E-state index contributed by atoms with van der Waals surface area (Å²) in [4.78, 5) is 25.5. The summed E-state index contributed by atoms with van der Waals surface area (Å²) >= 11 is 7.51. The third-order valence-corrected chi connectivity index (χ3v) is 4.69. The fraction of sp³-hybridized carbons (Fsp3) is 0.375. The van der Waals surface area contributed by atoms with Crippen molar-refractivity contribution in [2.75, 3.05) is 12.5 Å². The summed E-state index contributed by atoms with van der Waals surface area (Å²) < 4.78 is 5.18. The van der Waals surface area contributed by atoms with Crippen LogP contribution < -0.4 is 5.32 Å². The smallest absolute Gasteiger partial charge is 0.336 e. The summed E-state index contributed by atoms with van der Waals surface area (Å²) in [5.74, 6) is -0.779. The predicted molar refractivity (Wildman–Crippen MR) is 88.0 cm³/mol. The number of carbonyl (C=O) groups excluding carboxylic acids is 2. The Bertz CT molecular complexity index is 646. The molecule has 1 aliphatic heterocycles. The first-order valence-corrected chi connectivity index (χ1v) is 8.40. The largest absolute Gasteiger partial charge is 0.463 e. The van der Waals surface area contributed by atoms with Crippen molar-refractivity contribution in [2.45, 2.75) is 26.7 Å². The van der Waals surface area contributed by atoms with Crippen LogP contribution in [0.5, 0.6) is 0 Å². The number of alkyl halides is 1. The molecule has 1 aliphatic rings. The summed E-state index contributed by atoms with van der Waals surface area (Å²) in [6.45, 7) is 5.36. The van der Waals surface area contributed by atoms with Crippen LogP contribution in [0.2, 0.25) is 0 Å². The summed E-state index contributed by atoms with van der Waals surface area (Å²) in [6.07, 6.45) is 0. The summed E-state index contributed by atoms with van der Waals surface area (Å²) in [7, 11) is 0. The van der Waals surface area contributed by atoms with Crippen LogP contribution >= 0.6 is 22.9 Å². The Morgan fingerprint density at radius 2 is 2.14 bits per heavy atom. The van der Waals surface area contributed by atoms with Crippen molar-refractivity contribution in [2.24, 2.45) is 0 Å². The first-order valence-electron chi connectivity index (χ1n) is 6.99. The van der Waals surface area contributed by atoms with E-state index in [4.69, 9.17) is 16.3 Å². The number of thiophene rings is 1. The Morgan fingerprint density at radius 3 is 2.64 bits per heavy atom. The van der Waals surface area contributed by atoms with Gasteiger partial charge < -0.3 is 10.1 Å². The fourth-order valence-electron chi connectivity index (χ4n) is 2.66. The van der Waals surface area contributed by atoms with E-state index in [0.29, 0.717) is 16.8 Å². The molecule has 0 bridgehead atoms. The number of nitrogens with one attached hydrogen (secondary N) is 1. The summed E-state index contributed by atoms with van der Waals surface area (Å²) in [6, 6.07) is 3.82. The van der Waals surface area contributed by atoms with Gasteiger partial charge in [0.25, 0.3) is 0 Å². The second-order valence-corrected chi connectivity index (χ2v) is 6.16. The van der Waals surface area contributed by atoms with Crippen molar-refractivity contribution >= 4 is 34.7 Å². The van der Waals surface area contributed by atoms with E-state index in [-0.39, 0.29) is 18.3 Å². The normalized spacial score (nSPS) is 18.3. The highest BCUT2D eigenvalue weighted by atomic mass is 35.5. The third kappa shape index (κ3) is 3.10. The van der Waals surface area contributed by atoms with E-state index >= 15 is 0 Å². The molecular formula is C16H18ClNO3S. The van der Waals surface area contributed by atoms with E-state index in [1.807, 2.05) is 24.4 Å². The maximum atomic E-state index is 12.4. The molecule has 0 fully saturated rings. The lowest BCUT2D eigenvalue weighted by Crippen LogP contribution is -2.32. The number of esters is 1. The number of ether oxygens (including phenoxy) is 1. The monoisotopic (exact) mass is 339 g/mol. The third-order valence-electron chi connectivity index (χ3n) is 3.48. The van der Waals surface area contributed by atoms with E-state index in [9.17, 15) is 9.59 Å². The van der Waals surface area contributed by atoms with Crippen molar-refractivity contribution < 1.29 is 14.3 Å².